The van der Waals surface area contributed by atoms with Crippen LogP contribution in [0.5, 0.6) is 0 Å². The average molecular weight is 101 g/mol. The normalized spacial score (nSPS) is 15.1. The summed E-state index contributed by atoms with van der Waals surface area (Å²) in [5, 5.41) is 8.58. The van der Waals surface area contributed by atoms with E-state index in [4.69, 9.17) is 10.8 Å². The number of hydrogen-bond donors (Lipinski definition) is 2. The van der Waals surface area contributed by atoms with Crippen LogP contribution in [0.4, 0.5) is 0 Å². The van der Waals surface area contributed by atoms with Gasteiger partial charge in [-0.2, -0.15) is 0 Å². The number of aliphatic hydroxyl groups excluding tert-OH is 1. The zero-order valence-electron chi connectivity index (χ0n) is 4.46. The van der Waals surface area contributed by atoms with Gasteiger partial charge in [-0.1, -0.05) is 6.08 Å². The molecule has 0 heterocycles. The standard InChI is InChI=1S/C5H11NO/c1-5(7)3-2-4-6/h2,4-5,7H,3,6H2,1H3. The van der Waals surface area contributed by atoms with Crippen molar-refractivity contribution in [3.05, 3.63) is 12.3 Å². The number of hydrogen-bond acceptors (Lipinski definition) is 2. The molecule has 3 N–H and O–H groups in total. The van der Waals surface area contributed by atoms with E-state index < -0.39 is 0 Å². The Morgan fingerprint density at radius 2 is 2.43 bits per heavy atom. The highest BCUT2D eigenvalue weighted by Crippen LogP contribution is 1.87. The van der Waals surface area contributed by atoms with Gasteiger partial charge >= 0.3 is 0 Å². The first kappa shape index (κ1) is 6.50. The van der Waals surface area contributed by atoms with Crippen LogP contribution in [-0.4, -0.2) is 11.2 Å². The van der Waals surface area contributed by atoms with Crippen LogP contribution >= 0.6 is 0 Å². The Kier molecular flexibility index (Phi) is 3.42. The van der Waals surface area contributed by atoms with Crippen LogP contribution in [0.25, 0.3) is 0 Å². The maximum absolute atomic E-state index is 8.58. The summed E-state index contributed by atoms with van der Waals surface area (Å²) in [7, 11) is 0. The second-order valence-electron chi connectivity index (χ2n) is 1.51. The van der Waals surface area contributed by atoms with Crippen LogP contribution in [0, 0.1) is 0 Å². The molecular formula is C5H11NO. The van der Waals surface area contributed by atoms with E-state index in [0.717, 1.165) is 0 Å². The van der Waals surface area contributed by atoms with Crippen molar-refractivity contribution in [1.29, 1.82) is 0 Å². The van der Waals surface area contributed by atoms with Gasteiger partial charge in [0.05, 0.1) is 6.10 Å². The lowest BCUT2D eigenvalue weighted by Crippen LogP contribution is -1.95. The quantitative estimate of drug-likeness (QED) is 0.523. The van der Waals surface area contributed by atoms with Gasteiger partial charge in [-0.15, -0.1) is 0 Å². The SMILES string of the molecule is CC(O)CC=CN. The van der Waals surface area contributed by atoms with Gasteiger partial charge in [0.15, 0.2) is 0 Å². The molecule has 0 aliphatic carbocycles. The molecular weight excluding hydrogens is 90.1 g/mol. The van der Waals surface area contributed by atoms with Crippen molar-refractivity contribution in [3.63, 3.8) is 0 Å². The summed E-state index contributed by atoms with van der Waals surface area (Å²) in [5.74, 6) is 0. The van der Waals surface area contributed by atoms with E-state index in [1.807, 2.05) is 0 Å². The van der Waals surface area contributed by atoms with Crippen LogP contribution in [0.1, 0.15) is 13.3 Å². The molecule has 0 fully saturated rings. The summed E-state index contributed by atoms with van der Waals surface area (Å²) in [6, 6.07) is 0. The highest BCUT2D eigenvalue weighted by atomic mass is 16.3. The predicted molar refractivity (Wildman–Crippen MR) is 29.6 cm³/mol. The maximum Gasteiger partial charge on any atom is 0.0547 e. The molecule has 0 saturated heterocycles. The second-order valence-corrected chi connectivity index (χ2v) is 1.51. The Morgan fingerprint density at radius 1 is 1.86 bits per heavy atom. The zero-order valence-corrected chi connectivity index (χ0v) is 4.46. The van der Waals surface area contributed by atoms with Gasteiger partial charge in [-0.25, -0.2) is 0 Å². The van der Waals surface area contributed by atoms with Crippen molar-refractivity contribution in [2.75, 3.05) is 0 Å². The van der Waals surface area contributed by atoms with Crippen LogP contribution in [0.2, 0.25) is 0 Å². The molecule has 0 rings (SSSR count). The first-order chi connectivity index (χ1) is 3.27. The summed E-state index contributed by atoms with van der Waals surface area (Å²) in [4.78, 5) is 0. The van der Waals surface area contributed by atoms with Crippen molar-refractivity contribution in [1.82, 2.24) is 0 Å². The Morgan fingerprint density at radius 3 is 2.57 bits per heavy atom. The van der Waals surface area contributed by atoms with E-state index in [0.29, 0.717) is 6.42 Å². The fourth-order valence-electron chi connectivity index (χ4n) is 0.276. The molecule has 0 amide bonds. The molecule has 0 aromatic rings. The van der Waals surface area contributed by atoms with E-state index >= 15 is 0 Å². The maximum atomic E-state index is 8.58. The minimum atomic E-state index is -0.264. The van der Waals surface area contributed by atoms with Crippen LogP contribution in [0.15, 0.2) is 12.3 Å². The predicted octanol–water partition coefficient (Wildman–Crippen LogP) is 0.230. The minimum Gasteiger partial charge on any atom is -0.405 e. The Balaban J connectivity index is 2.97. The lowest BCUT2D eigenvalue weighted by atomic mass is 10.3. The van der Waals surface area contributed by atoms with Crippen molar-refractivity contribution in [2.24, 2.45) is 5.73 Å². The van der Waals surface area contributed by atoms with E-state index in [-0.39, 0.29) is 6.10 Å². The summed E-state index contributed by atoms with van der Waals surface area (Å²) in [6.45, 7) is 1.72. The third-order valence-electron chi connectivity index (χ3n) is 0.613. The molecule has 1 unspecified atom stereocenters. The first-order valence-corrected chi connectivity index (χ1v) is 2.32. The molecule has 2 nitrogen and oxygen atoms in total. The zero-order chi connectivity index (χ0) is 5.70. The van der Waals surface area contributed by atoms with Crippen molar-refractivity contribution >= 4 is 0 Å². The Bertz CT molecular complexity index is 59.1. The topological polar surface area (TPSA) is 46.2 Å². The molecule has 7 heavy (non-hydrogen) atoms. The second kappa shape index (κ2) is 3.68. The van der Waals surface area contributed by atoms with E-state index in [1.54, 1.807) is 13.0 Å². The van der Waals surface area contributed by atoms with Gasteiger partial charge in [0.1, 0.15) is 0 Å². The lowest BCUT2D eigenvalue weighted by Gasteiger charge is -1.93. The highest BCUT2D eigenvalue weighted by molar-refractivity contribution is 4.77. The molecule has 0 aliphatic rings. The van der Waals surface area contributed by atoms with E-state index in [1.165, 1.54) is 6.20 Å². The third-order valence-corrected chi connectivity index (χ3v) is 0.613. The van der Waals surface area contributed by atoms with Gasteiger partial charge in [0, 0.05) is 0 Å². The molecule has 0 bridgehead atoms. The van der Waals surface area contributed by atoms with Gasteiger partial charge in [0.2, 0.25) is 0 Å². The van der Waals surface area contributed by atoms with Crippen molar-refractivity contribution in [2.45, 2.75) is 19.4 Å². The third kappa shape index (κ3) is 5.50. The summed E-state index contributed by atoms with van der Waals surface area (Å²) < 4.78 is 0. The first-order valence-electron chi connectivity index (χ1n) is 2.32. The fourth-order valence-corrected chi connectivity index (χ4v) is 0.276. The molecule has 0 radical (unpaired) electrons. The number of aliphatic hydroxyl groups is 1. The van der Waals surface area contributed by atoms with E-state index in [9.17, 15) is 0 Å². The largest absolute Gasteiger partial charge is 0.405 e. The molecule has 1 atom stereocenters. The number of nitrogens with two attached hydrogens (primary N) is 1. The van der Waals surface area contributed by atoms with Gasteiger partial charge < -0.3 is 10.8 Å². The lowest BCUT2D eigenvalue weighted by molar-refractivity contribution is 0.198. The molecule has 42 valence electrons. The molecule has 0 spiro atoms. The van der Waals surface area contributed by atoms with Gasteiger partial charge in [0.25, 0.3) is 0 Å². The average Bonchev–Trinajstić information content (AvgIpc) is 1.61. The highest BCUT2D eigenvalue weighted by Gasteiger charge is 1.85. The van der Waals surface area contributed by atoms with Crippen molar-refractivity contribution < 1.29 is 5.11 Å². The Hall–Kier alpha value is -0.500. The van der Waals surface area contributed by atoms with Crippen molar-refractivity contribution in [3.8, 4) is 0 Å². The van der Waals surface area contributed by atoms with Crippen LogP contribution in [-0.2, 0) is 0 Å². The summed E-state index contributed by atoms with van der Waals surface area (Å²) >= 11 is 0. The Labute approximate surface area is 43.6 Å². The van der Waals surface area contributed by atoms with Gasteiger partial charge in [-0.3, -0.25) is 0 Å². The number of rotatable bonds is 2. The van der Waals surface area contributed by atoms with Gasteiger partial charge in [-0.05, 0) is 19.5 Å². The van der Waals surface area contributed by atoms with Crippen LogP contribution in [0.3, 0.4) is 0 Å². The smallest absolute Gasteiger partial charge is 0.0547 e. The fraction of sp³-hybridized carbons (Fsp3) is 0.600. The summed E-state index contributed by atoms with van der Waals surface area (Å²) in [6.07, 6.45) is 3.55. The minimum absolute atomic E-state index is 0.264. The monoisotopic (exact) mass is 101 g/mol. The summed E-state index contributed by atoms with van der Waals surface area (Å²) in [5.41, 5.74) is 4.99. The molecule has 0 aliphatic heterocycles. The van der Waals surface area contributed by atoms with Crippen LogP contribution < -0.4 is 5.73 Å². The van der Waals surface area contributed by atoms with E-state index in [2.05, 4.69) is 0 Å². The molecule has 2 heteroatoms. The molecule has 0 aromatic carbocycles. The molecule has 0 aromatic heterocycles. The molecule has 0 saturated carbocycles.